The number of Topliss-reactive ketones (excluding diaryl/α,β-unsaturated/α-hetero) is 2. The van der Waals surface area contributed by atoms with Gasteiger partial charge in [0, 0.05) is 17.4 Å². The monoisotopic (exact) mass is 556 g/mol. The number of hydrogen-bond donors (Lipinski definition) is 6. The zero-order valence-electron chi connectivity index (χ0n) is 21.8. The fourth-order valence-electron chi connectivity index (χ4n) is 6.25. The maximum Gasteiger partial charge on any atom is 0.255 e. The summed E-state index contributed by atoms with van der Waals surface area (Å²) in [5.41, 5.74) is 0.607. The van der Waals surface area contributed by atoms with Crippen LogP contribution in [0.1, 0.15) is 28.8 Å². The molecule has 1 heterocycles. The predicted octanol–water partition coefficient (Wildman–Crippen LogP) is 0.321. The second kappa shape index (κ2) is 9.54. The Balaban J connectivity index is 1.64. The summed E-state index contributed by atoms with van der Waals surface area (Å²) >= 11 is 0. The number of ketones is 2. The highest BCUT2D eigenvalue weighted by Gasteiger charge is 2.63. The van der Waals surface area contributed by atoms with Crippen LogP contribution in [0.15, 0.2) is 23.5 Å². The van der Waals surface area contributed by atoms with Gasteiger partial charge >= 0.3 is 0 Å². The van der Waals surface area contributed by atoms with E-state index in [-0.39, 0.29) is 29.6 Å². The lowest BCUT2D eigenvalue weighted by atomic mass is 9.61. The number of halogens is 1. The third-order valence-electron chi connectivity index (χ3n) is 8.09. The zero-order chi connectivity index (χ0) is 29.3. The Morgan fingerprint density at radius 2 is 1.77 bits per heavy atom. The molecule has 1 fully saturated rings. The normalized spacial score (nSPS) is 24.9. The minimum atomic E-state index is -2.90. The van der Waals surface area contributed by atoms with E-state index in [9.17, 15) is 39.6 Å². The Morgan fingerprint density at radius 3 is 2.38 bits per heavy atom. The molecule has 13 heteroatoms. The fraction of sp³-hybridized carbons (Fsp3) is 0.407. The van der Waals surface area contributed by atoms with Gasteiger partial charge in [-0.25, -0.2) is 4.39 Å². The van der Waals surface area contributed by atoms with E-state index in [2.05, 4.69) is 5.32 Å². The minimum Gasteiger partial charge on any atom is -0.510 e. The fourth-order valence-corrected chi connectivity index (χ4v) is 6.25. The molecule has 212 valence electrons. The van der Waals surface area contributed by atoms with Gasteiger partial charge in [-0.15, -0.1) is 0 Å². The van der Waals surface area contributed by atoms with Crippen molar-refractivity contribution in [1.82, 2.24) is 9.80 Å². The van der Waals surface area contributed by atoms with Gasteiger partial charge < -0.3 is 31.5 Å². The SMILES string of the molecule is CN(C)[C@@H]1C(O)=C(C(N)=O)C(=O)[C@@]2(O)C(=O)c3c(cc4c(F)cc(NC(=O)CN5CCCC5)c(O)c4c3O)C[C@@H]12. The molecular formula is C27H29FN4O8. The smallest absolute Gasteiger partial charge is 0.255 e. The van der Waals surface area contributed by atoms with Crippen molar-refractivity contribution in [3.8, 4) is 11.5 Å². The van der Waals surface area contributed by atoms with E-state index in [1.807, 2.05) is 4.90 Å². The number of nitrogens with two attached hydrogens (primary N) is 1. The third kappa shape index (κ3) is 3.92. The lowest BCUT2D eigenvalue weighted by Gasteiger charge is -2.47. The molecule has 0 radical (unpaired) electrons. The van der Waals surface area contributed by atoms with E-state index < -0.39 is 80.5 Å². The maximum atomic E-state index is 15.3. The number of carbonyl (C=O) groups is 4. The number of nitrogens with one attached hydrogen (secondary N) is 1. The first kappa shape index (κ1) is 27.5. The van der Waals surface area contributed by atoms with Gasteiger partial charge in [-0.2, -0.15) is 0 Å². The number of aliphatic hydroxyl groups excluding tert-OH is 1. The number of anilines is 1. The van der Waals surface area contributed by atoms with E-state index in [0.717, 1.165) is 32.0 Å². The number of aromatic hydroxyl groups is 2. The van der Waals surface area contributed by atoms with Gasteiger partial charge in [0.15, 0.2) is 11.4 Å². The van der Waals surface area contributed by atoms with E-state index >= 15 is 4.39 Å². The molecule has 0 unspecified atom stereocenters. The number of benzene rings is 2. The number of likely N-dealkylation sites (tertiary alicyclic amines) is 1. The van der Waals surface area contributed by atoms with Crippen molar-refractivity contribution < 1.29 is 44.0 Å². The van der Waals surface area contributed by atoms with Gasteiger partial charge in [0.1, 0.15) is 22.9 Å². The molecule has 2 amide bonds. The van der Waals surface area contributed by atoms with Crippen LogP contribution in [-0.2, 0) is 20.8 Å². The summed E-state index contributed by atoms with van der Waals surface area (Å²) in [6.07, 6.45) is 1.59. The highest BCUT2D eigenvalue weighted by Crippen LogP contribution is 2.50. The van der Waals surface area contributed by atoms with Crippen LogP contribution in [0.5, 0.6) is 11.5 Å². The topological polar surface area (TPSA) is 194 Å². The van der Waals surface area contributed by atoms with Crippen molar-refractivity contribution in [3.63, 3.8) is 0 Å². The largest absolute Gasteiger partial charge is 0.510 e. The first-order chi connectivity index (χ1) is 18.8. The average molecular weight is 557 g/mol. The molecule has 0 bridgehead atoms. The number of likely N-dealkylation sites (N-methyl/N-ethyl adjacent to an activating group) is 1. The Labute approximate surface area is 227 Å². The van der Waals surface area contributed by atoms with Crippen LogP contribution in [0.4, 0.5) is 10.1 Å². The second-order valence-corrected chi connectivity index (χ2v) is 10.7. The average Bonchev–Trinajstić information content (AvgIpc) is 3.37. The van der Waals surface area contributed by atoms with Crippen molar-refractivity contribution in [1.29, 1.82) is 0 Å². The minimum absolute atomic E-state index is 0.0138. The molecule has 1 saturated heterocycles. The van der Waals surface area contributed by atoms with Gasteiger partial charge in [0.25, 0.3) is 5.91 Å². The molecule has 7 N–H and O–H groups in total. The van der Waals surface area contributed by atoms with Crippen LogP contribution in [0.25, 0.3) is 10.8 Å². The standard InChI is InChI=1S/C27H29FN4O8/c1-31(2)20-13-8-11-7-12-14(28)9-15(30-16(33)10-32-5-3-4-6-32)21(34)18(12)22(35)17(11)24(37)27(13,40)25(38)19(23(20)36)26(29)39/h7,9,13,20,34-36,40H,3-6,8,10H2,1-2H3,(H2,29,39)(H,30,33)/t13-,20-,27-/m0/s1. The molecule has 40 heavy (non-hydrogen) atoms. The number of primary amides is 1. The number of hydrogen-bond acceptors (Lipinski definition) is 10. The van der Waals surface area contributed by atoms with Gasteiger partial charge in [-0.05, 0) is 58.1 Å². The molecule has 12 nitrogen and oxygen atoms in total. The van der Waals surface area contributed by atoms with E-state index in [0.29, 0.717) is 0 Å². The highest BCUT2D eigenvalue weighted by atomic mass is 19.1. The number of phenols is 2. The van der Waals surface area contributed by atoms with Crippen LogP contribution in [-0.4, -0.2) is 99.0 Å². The van der Waals surface area contributed by atoms with Crippen molar-refractivity contribution in [2.45, 2.75) is 30.9 Å². The van der Waals surface area contributed by atoms with Crippen molar-refractivity contribution in [2.24, 2.45) is 11.7 Å². The molecule has 0 aromatic heterocycles. The molecule has 5 rings (SSSR count). The molecule has 0 saturated carbocycles. The maximum absolute atomic E-state index is 15.3. The van der Waals surface area contributed by atoms with Gasteiger partial charge in [-0.1, -0.05) is 0 Å². The lowest BCUT2D eigenvalue weighted by molar-refractivity contribution is -0.140. The molecule has 3 atom stereocenters. The molecule has 2 aliphatic carbocycles. The number of nitrogens with zero attached hydrogens (tertiary/aromatic N) is 2. The summed E-state index contributed by atoms with van der Waals surface area (Å²) in [5.74, 6) is -9.18. The third-order valence-corrected chi connectivity index (χ3v) is 8.09. The number of amides is 2. The molecular weight excluding hydrogens is 527 g/mol. The summed E-state index contributed by atoms with van der Waals surface area (Å²) in [5, 5.41) is 46.1. The molecule has 2 aromatic carbocycles. The number of aliphatic hydroxyl groups is 2. The van der Waals surface area contributed by atoms with Crippen LogP contribution in [0.2, 0.25) is 0 Å². The van der Waals surface area contributed by atoms with Crippen molar-refractivity contribution >= 4 is 39.8 Å². The quantitative estimate of drug-likeness (QED) is 0.170. The molecule has 1 aliphatic heterocycles. The Kier molecular flexibility index (Phi) is 6.56. The summed E-state index contributed by atoms with van der Waals surface area (Å²) in [7, 11) is 2.98. The number of phenolic OH excluding ortho intramolecular Hbond substituents is 2. The number of carbonyl (C=O) groups excluding carboxylic acids is 4. The van der Waals surface area contributed by atoms with E-state index in [4.69, 9.17) is 5.73 Å². The van der Waals surface area contributed by atoms with Crippen LogP contribution >= 0.6 is 0 Å². The highest BCUT2D eigenvalue weighted by molar-refractivity contribution is 6.33. The van der Waals surface area contributed by atoms with Crippen molar-refractivity contribution in [3.05, 3.63) is 40.4 Å². The first-order valence-electron chi connectivity index (χ1n) is 12.7. The summed E-state index contributed by atoms with van der Waals surface area (Å²) < 4.78 is 15.3. The van der Waals surface area contributed by atoms with Crippen LogP contribution in [0.3, 0.4) is 0 Å². The van der Waals surface area contributed by atoms with Gasteiger partial charge in [0.05, 0.1) is 29.2 Å². The van der Waals surface area contributed by atoms with Gasteiger partial charge in [-0.3, -0.25) is 29.0 Å². The Hall–Kier alpha value is -4.07. The number of rotatable bonds is 5. The predicted molar refractivity (Wildman–Crippen MR) is 139 cm³/mol. The zero-order valence-corrected chi connectivity index (χ0v) is 21.8. The van der Waals surface area contributed by atoms with Gasteiger partial charge in [0.2, 0.25) is 17.5 Å². The second-order valence-electron chi connectivity index (χ2n) is 10.7. The van der Waals surface area contributed by atoms with Crippen molar-refractivity contribution in [2.75, 3.05) is 39.0 Å². The Bertz CT molecular complexity index is 1530. The number of fused-ring (bicyclic) bond motifs is 3. The summed E-state index contributed by atoms with van der Waals surface area (Å²) in [6, 6.07) is 0.896. The van der Waals surface area contributed by atoms with Crippen LogP contribution < -0.4 is 11.1 Å². The molecule has 2 aromatic rings. The van der Waals surface area contributed by atoms with E-state index in [1.165, 1.54) is 25.1 Å². The first-order valence-corrected chi connectivity index (χ1v) is 12.7. The lowest BCUT2D eigenvalue weighted by Crippen LogP contribution is -2.66. The Morgan fingerprint density at radius 1 is 1.12 bits per heavy atom. The van der Waals surface area contributed by atoms with E-state index in [1.54, 1.807) is 0 Å². The summed E-state index contributed by atoms with van der Waals surface area (Å²) in [4.78, 5) is 54.9. The molecule has 3 aliphatic rings. The summed E-state index contributed by atoms with van der Waals surface area (Å²) in [6.45, 7) is 1.46. The molecule has 0 spiro atoms. The van der Waals surface area contributed by atoms with Crippen LogP contribution in [0, 0.1) is 11.7 Å².